The fraction of sp³-hybridized carbons (Fsp3) is 0.125. The smallest absolute Gasteiger partial charge is 0.269 e. The molecule has 2 aromatic carbocycles. The Balaban J connectivity index is 1.81. The van der Waals surface area contributed by atoms with Gasteiger partial charge in [0.1, 0.15) is 5.75 Å². The van der Waals surface area contributed by atoms with Gasteiger partial charge in [0.2, 0.25) is 0 Å². The summed E-state index contributed by atoms with van der Waals surface area (Å²) in [6.45, 7) is 0.000983. The number of carbonyl (C=O) groups is 2. The topological polar surface area (TPSA) is 79.5 Å². The van der Waals surface area contributed by atoms with Crippen molar-refractivity contribution in [3.63, 3.8) is 0 Å². The Hall–Kier alpha value is -2.54. The minimum atomic E-state index is -0.386. The van der Waals surface area contributed by atoms with Crippen molar-refractivity contribution in [3.8, 4) is 5.75 Å². The molecule has 120 valence electrons. The lowest BCUT2D eigenvalue weighted by atomic mass is 10.2. The fourth-order valence-corrected chi connectivity index (χ4v) is 2.07. The first-order valence-electron chi connectivity index (χ1n) is 6.82. The summed E-state index contributed by atoms with van der Waals surface area (Å²) in [7, 11) is 1.55. The number of para-hydroxylation sites is 2. The first kappa shape index (κ1) is 16.8. The van der Waals surface area contributed by atoms with E-state index in [1.807, 2.05) is 12.1 Å². The van der Waals surface area contributed by atoms with Gasteiger partial charge < -0.3 is 10.1 Å². The first-order chi connectivity index (χ1) is 11.1. The van der Waals surface area contributed by atoms with Gasteiger partial charge in [0, 0.05) is 10.0 Å². The number of methoxy groups -OCH3 is 1. The number of nitrogens with one attached hydrogen (secondary N) is 3. The molecule has 0 aliphatic heterocycles. The molecule has 7 heteroatoms. The van der Waals surface area contributed by atoms with Gasteiger partial charge in [-0.25, -0.2) is 0 Å². The fourth-order valence-electron chi connectivity index (χ4n) is 1.81. The minimum absolute atomic E-state index is 0.000983. The van der Waals surface area contributed by atoms with Crippen LogP contribution in [0.4, 0.5) is 5.69 Å². The lowest BCUT2D eigenvalue weighted by molar-refractivity contribution is -0.120. The summed E-state index contributed by atoms with van der Waals surface area (Å²) in [5.41, 5.74) is 5.86. The van der Waals surface area contributed by atoms with E-state index in [4.69, 9.17) is 4.74 Å². The van der Waals surface area contributed by atoms with Gasteiger partial charge in [0.15, 0.2) is 0 Å². The van der Waals surface area contributed by atoms with Crippen molar-refractivity contribution in [2.24, 2.45) is 0 Å². The van der Waals surface area contributed by atoms with E-state index in [9.17, 15) is 9.59 Å². The van der Waals surface area contributed by atoms with Crippen LogP contribution < -0.4 is 20.9 Å². The van der Waals surface area contributed by atoms with Gasteiger partial charge in [-0.15, -0.1) is 0 Å². The van der Waals surface area contributed by atoms with E-state index in [2.05, 4.69) is 32.1 Å². The van der Waals surface area contributed by atoms with Crippen LogP contribution in [0.15, 0.2) is 53.0 Å². The van der Waals surface area contributed by atoms with E-state index in [0.29, 0.717) is 17.0 Å². The Morgan fingerprint density at radius 3 is 2.43 bits per heavy atom. The summed E-state index contributed by atoms with van der Waals surface area (Å²) in [4.78, 5) is 23.6. The van der Waals surface area contributed by atoms with Crippen LogP contribution in [0.1, 0.15) is 10.4 Å². The van der Waals surface area contributed by atoms with E-state index in [1.165, 1.54) is 0 Å². The minimum Gasteiger partial charge on any atom is -0.495 e. The first-order valence-corrected chi connectivity index (χ1v) is 7.61. The third-order valence-electron chi connectivity index (χ3n) is 2.97. The lowest BCUT2D eigenvalue weighted by Crippen LogP contribution is -2.44. The van der Waals surface area contributed by atoms with Crippen molar-refractivity contribution >= 4 is 33.4 Å². The highest BCUT2D eigenvalue weighted by molar-refractivity contribution is 9.10. The molecule has 2 amide bonds. The van der Waals surface area contributed by atoms with Gasteiger partial charge >= 0.3 is 0 Å². The normalized spacial score (nSPS) is 9.83. The van der Waals surface area contributed by atoms with Gasteiger partial charge in [-0.05, 0) is 36.4 Å². The van der Waals surface area contributed by atoms with E-state index < -0.39 is 0 Å². The summed E-state index contributed by atoms with van der Waals surface area (Å²) in [6.07, 6.45) is 0. The highest BCUT2D eigenvalue weighted by Crippen LogP contribution is 2.22. The van der Waals surface area contributed by atoms with Crippen LogP contribution >= 0.6 is 15.9 Å². The average molecular weight is 378 g/mol. The van der Waals surface area contributed by atoms with Gasteiger partial charge in [-0.3, -0.25) is 20.4 Å². The molecule has 0 unspecified atom stereocenters. The maximum atomic E-state index is 11.9. The number of rotatable bonds is 5. The highest BCUT2D eigenvalue weighted by Gasteiger charge is 2.08. The van der Waals surface area contributed by atoms with Crippen molar-refractivity contribution < 1.29 is 14.3 Å². The number of ether oxygens (including phenoxy) is 1. The second-order valence-corrected chi connectivity index (χ2v) is 5.48. The van der Waals surface area contributed by atoms with Crippen LogP contribution in [0.2, 0.25) is 0 Å². The largest absolute Gasteiger partial charge is 0.495 e. The quantitative estimate of drug-likeness (QED) is 0.698. The van der Waals surface area contributed by atoms with E-state index in [-0.39, 0.29) is 18.4 Å². The molecule has 0 aliphatic carbocycles. The van der Waals surface area contributed by atoms with Crippen LogP contribution in [-0.2, 0) is 4.79 Å². The molecule has 0 aromatic heterocycles. The zero-order valence-electron chi connectivity index (χ0n) is 12.4. The summed E-state index contributed by atoms with van der Waals surface area (Å²) < 4.78 is 6.05. The molecule has 3 N–H and O–H groups in total. The summed E-state index contributed by atoms with van der Waals surface area (Å²) in [5.74, 6) is -0.122. The predicted octanol–water partition coefficient (Wildman–Crippen LogP) is 2.33. The number of halogens is 1. The molecule has 0 spiro atoms. The molecule has 6 nitrogen and oxygen atoms in total. The number of benzene rings is 2. The molecule has 0 bridgehead atoms. The molecule has 23 heavy (non-hydrogen) atoms. The van der Waals surface area contributed by atoms with Crippen LogP contribution in [0.25, 0.3) is 0 Å². The van der Waals surface area contributed by atoms with Gasteiger partial charge in [0.05, 0.1) is 19.3 Å². The Morgan fingerprint density at radius 1 is 1.04 bits per heavy atom. The van der Waals surface area contributed by atoms with E-state index in [1.54, 1.807) is 43.5 Å². The number of hydrogen-bond acceptors (Lipinski definition) is 4. The summed E-state index contributed by atoms with van der Waals surface area (Å²) in [6, 6.07) is 14.1. The Bertz CT molecular complexity index is 689. The van der Waals surface area contributed by atoms with Crippen LogP contribution in [-0.4, -0.2) is 25.5 Å². The predicted molar refractivity (Wildman–Crippen MR) is 91.2 cm³/mol. The maximum Gasteiger partial charge on any atom is 0.269 e. The van der Waals surface area contributed by atoms with Crippen molar-refractivity contribution in [1.82, 2.24) is 10.9 Å². The molecule has 2 aromatic rings. The molecule has 0 saturated carbocycles. The van der Waals surface area contributed by atoms with Crippen LogP contribution in [0.3, 0.4) is 0 Å². The zero-order valence-corrected chi connectivity index (χ0v) is 14.0. The lowest BCUT2D eigenvalue weighted by Gasteiger charge is -2.11. The van der Waals surface area contributed by atoms with Crippen molar-refractivity contribution in [1.29, 1.82) is 0 Å². The second-order valence-electron chi connectivity index (χ2n) is 4.56. The number of hydrazine groups is 1. The van der Waals surface area contributed by atoms with Gasteiger partial charge in [-0.2, -0.15) is 0 Å². The molecule has 0 heterocycles. The van der Waals surface area contributed by atoms with Gasteiger partial charge in [0.25, 0.3) is 11.8 Å². The Morgan fingerprint density at radius 2 is 1.74 bits per heavy atom. The van der Waals surface area contributed by atoms with Crippen LogP contribution in [0.5, 0.6) is 5.75 Å². The molecule has 0 atom stereocenters. The van der Waals surface area contributed by atoms with Crippen LogP contribution in [0, 0.1) is 0 Å². The Labute approximate surface area is 142 Å². The Kier molecular flexibility index (Phi) is 5.99. The molecule has 0 fully saturated rings. The third kappa shape index (κ3) is 5.00. The second kappa shape index (κ2) is 8.19. The number of anilines is 1. The number of amides is 2. The average Bonchev–Trinajstić information content (AvgIpc) is 2.58. The van der Waals surface area contributed by atoms with Crippen molar-refractivity contribution in [3.05, 3.63) is 58.6 Å². The third-order valence-corrected chi connectivity index (χ3v) is 3.50. The molecule has 2 rings (SSSR count). The van der Waals surface area contributed by atoms with E-state index in [0.717, 1.165) is 4.47 Å². The highest BCUT2D eigenvalue weighted by atomic mass is 79.9. The monoisotopic (exact) mass is 377 g/mol. The summed E-state index contributed by atoms with van der Waals surface area (Å²) >= 11 is 3.29. The van der Waals surface area contributed by atoms with Gasteiger partial charge in [-0.1, -0.05) is 28.1 Å². The number of hydrogen-bond donors (Lipinski definition) is 3. The van der Waals surface area contributed by atoms with Crippen molar-refractivity contribution in [2.45, 2.75) is 0 Å². The van der Waals surface area contributed by atoms with E-state index >= 15 is 0 Å². The molecular weight excluding hydrogens is 362 g/mol. The molecule has 0 aliphatic rings. The summed E-state index contributed by atoms with van der Waals surface area (Å²) in [5, 5.41) is 2.94. The van der Waals surface area contributed by atoms with Crippen molar-refractivity contribution in [2.75, 3.05) is 19.0 Å². The standard InChI is InChI=1S/C16H16BrN3O3/c1-23-14-5-3-2-4-13(14)18-10-15(21)19-20-16(22)11-6-8-12(17)9-7-11/h2-9,18H,10H2,1H3,(H,19,21)(H,20,22). The SMILES string of the molecule is COc1ccccc1NCC(=O)NNC(=O)c1ccc(Br)cc1. The molecule has 0 radical (unpaired) electrons. The zero-order chi connectivity index (χ0) is 16.7. The molecule has 0 saturated heterocycles. The number of carbonyl (C=O) groups excluding carboxylic acids is 2. The maximum absolute atomic E-state index is 11.9. The molecular formula is C16H16BrN3O3.